The van der Waals surface area contributed by atoms with E-state index in [0.717, 1.165) is 37.2 Å². The highest BCUT2D eigenvalue weighted by molar-refractivity contribution is 5.32. The van der Waals surface area contributed by atoms with Crippen molar-refractivity contribution in [1.82, 2.24) is 15.3 Å². The van der Waals surface area contributed by atoms with Crippen LogP contribution in [0.5, 0.6) is 5.88 Å². The molecule has 1 aromatic heterocycles. The first-order valence-corrected chi connectivity index (χ1v) is 7.28. The molecule has 0 fully saturated rings. The van der Waals surface area contributed by atoms with Crippen LogP contribution in [0, 0.1) is 0 Å². The number of aryl methyl sites for hydroxylation is 1. The summed E-state index contributed by atoms with van der Waals surface area (Å²) in [6.07, 6.45) is -2.80. The zero-order valence-corrected chi connectivity index (χ0v) is 12.1. The van der Waals surface area contributed by atoms with Gasteiger partial charge in [-0.15, -0.1) is 0 Å². The topological polar surface area (TPSA) is 47.0 Å². The van der Waals surface area contributed by atoms with Gasteiger partial charge in [0.1, 0.15) is 5.82 Å². The molecular weight excluding hydrogens is 283 g/mol. The minimum absolute atomic E-state index is 0.0273. The number of nitrogens with zero attached hydrogens (tertiary/aromatic N) is 2. The molecule has 1 aromatic rings. The number of rotatable bonds is 5. The fourth-order valence-electron chi connectivity index (χ4n) is 2.28. The van der Waals surface area contributed by atoms with Crippen LogP contribution in [0.1, 0.15) is 36.8 Å². The molecule has 0 aliphatic carbocycles. The third kappa shape index (κ3) is 4.84. The number of nitrogens with one attached hydrogen (secondary N) is 1. The van der Waals surface area contributed by atoms with Gasteiger partial charge in [-0.25, -0.2) is 4.98 Å². The first-order chi connectivity index (χ1) is 9.99. The second-order valence-corrected chi connectivity index (χ2v) is 5.04. The van der Waals surface area contributed by atoms with Crippen molar-refractivity contribution in [3.8, 4) is 5.88 Å². The van der Waals surface area contributed by atoms with Gasteiger partial charge in [-0.1, -0.05) is 6.92 Å². The minimum Gasteiger partial charge on any atom is -0.477 e. The van der Waals surface area contributed by atoms with Gasteiger partial charge in [0.15, 0.2) is 0 Å². The van der Waals surface area contributed by atoms with Crippen LogP contribution >= 0.6 is 0 Å². The maximum absolute atomic E-state index is 12.1. The fourth-order valence-corrected chi connectivity index (χ4v) is 2.28. The molecule has 1 aliphatic heterocycles. The zero-order valence-electron chi connectivity index (χ0n) is 12.1. The molecule has 0 saturated heterocycles. The number of alkyl halides is 3. The second kappa shape index (κ2) is 7.06. The predicted molar refractivity (Wildman–Crippen MR) is 72.5 cm³/mol. The van der Waals surface area contributed by atoms with Crippen molar-refractivity contribution >= 4 is 0 Å². The average molecular weight is 303 g/mol. The lowest BCUT2D eigenvalue weighted by Crippen LogP contribution is -2.16. The van der Waals surface area contributed by atoms with Crippen molar-refractivity contribution in [1.29, 1.82) is 0 Å². The highest BCUT2D eigenvalue weighted by atomic mass is 19.4. The lowest BCUT2D eigenvalue weighted by atomic mass is 10.1. The summed E-state index contributed by atoms with van der Waals surface area (Å²) in [6, 6.07) is 0. The van der Waals surface area contributed by atoms with E-state index in [-0.39, 0.29) is 13.0 Å². The zero-order chi connectivity index (χ0) is 15.3. The van der Waals surface area contributed by atoms with Crippen LogP contribution in [-0.2, 0) is 19.3 Å². The Morgan fingerprint density at radius 1 is 1.19 bits per heavy atom. The van der Waals surface area contributed by atoms with E-state index < -0.39 is 12.6 Å². The smallest absolute Gasteiger partial charge is 0.389 e. The van der Waals surface area contributed by atoms with Crippen molar-refractivity contribution in [2.45, 2.75) is 45.2 Å². The van der Waals surface area contributed by atoms with Crippen LogP contribution in [0.2, 0.25) is 0 Å². The molecule has 4 nitrogen and oxygen atoms in total. The third-order valence-electron chi connectivity index (χ3n) is 3.35. The number of hydrogen-bond acceptors (Lipinski definition) is 4. The summed E-state index contributed by atoms with van der Waals surface area (Å²) >= 11 is 0. The lowest BCUT2D eigenvalue weighted by molar-refractivity contribution is -0.136. The number of hydrogen-bond donors (Lipinski definition) is 1. The Morgan fingerprint density at radius 2 is 1.95 bits per heavy atom. The van der Waals surface area contributed by atoms with Crippen LogP contribution in [0.4, 0.5) is 13.2 Å². The maximum atomic E-state index is 12.1. The molecule has 0 saturated carbocycles. The SMILES string of the molecule is CCc1nc2c(c(OCCCC(F)(F)F)n1)CCNCC2. The van der Waals surface area contributed by atoms with E-state index in [2.05, 4.69) is 15.3 Å². The number of aromatic nitrogens is 2. The van der Waals surface area contributed by atoms with Gasteiger partial charge in [0.05, 0.1) is 12.3 Å². The molecule has 0 unspecified atom stereocenters. The van der Waals surface area contributed by atoms with E-state index in [1.807, 2.05) is 6.92 Å². The van der Waals surface area contributed by atoms with E-state index in [4.69, 9.17) is 4.74 Å². The lowest BCUT2D eigenvalue weighted by Gasteiger charge is -2.14. The molecule has 0 bridgehead atoms. The quantitative estimate of drug-likeness (QED) is 0.849. The van der Waals surface area contributed by atoms with Crippen molar-refractivity contribution in [3.63, 3.8) is 0 Å². The highest BCUT2D eigenvalue weighted by Gasteiger charge is 2.26. The van der Waals surface area contributed by atoms with E-state index >= 15 is 0 Å². The summed E-state index contributed by atoms with van der Waals surface area (Å²) in [5, 5.41) is 3.27. The molecule has 0 amide bonds. The summed E-state index contributed by atoms with van der Waals surface area (Å²) in [5.41, 5.74) is 1.89. The monoisotopic (exact) mass is 303 g/mol. The molecule has 0 aromatic carbocycles. The van der Waals surface area contributed by atoms with Gasteiger partial charge in [-0.2, -0.15) is 18.2 Å². The Balaban J connectivity index is 2.06. The standard InChI is InChI=1S/C14H20F3N3O/c1-2-12-19-11-5-8-18-7-4-10(11)13(20-12)21-9-3-6-14(15,16)17/h18H,2-9H2,1H3. The molecule has 21 heavy (non-hydrogen) atoms. The van der Waals surface area contributed by atoms with E-state index in [1.165, 1.54) is 0 Å². The Kier molecular flexibility index (Phi) is 5.39. The van der Waals surface area contributed by atoms with Crippen LogP contribution in [0.15, 0.2) is 0 Å². The van der Waals surface area contributed by atoms with Gasteiger partial charge in [0, 0.05) is 31.4 Å². The number of fused-ring (bicyclic) bond motifs is 1. The highest BCUT2D eigenvalue weighted by Crippen LogP contribution is 2.24. The molecule has 1 aliphatic rings. The number of ether oxygens (including phenoxy) is 1. The molecule has 7 heteroatoms. The Bertz CT molecular complexity index is 477. The van der Waals surface area contributed by atoms with Crippen molar-refractivity contribution < 1.29 is 17.9 Å². The van der Waals surface area contributed by atoms with Gasteiger partial charge in [-0.3, -0.25) is 0 Å². The molecule has 0 radical (unpaired) electrons. The molecule has 2 heterocycles. The van der Waals surface area contributed by atoms with Gasteiger partial charge in [0.2, 0.25) is 5.88 Å². The maximum Gasteiger partial charge on any atom is 0.389 e. The first-order valence-electron chi connectivity index (χ1n) is 7.28. The summed E-state index contributed by atoms with van der Waals surface area (Å²) in [7, 11) is 0. The first kappa shape index (κ1) is 16.0. The summed E-state index contributed by atoms with van der Waals surface area (Å²) in [5.74, 6) is 1.14. The van der Waals surface area contributed by atoms with E-state index in [9.17, 15) is 13.2 Å². The van der Waals surface area contributed by atoms with Crippen LogP contribution in [-0.4, -0.2) is 35.8 Å². The summed E-state index contributed by atoms with van der Waals surface area (Å²) < 4.78 is 41.9. The average Bonchev–Trinajstić information content (AvgIpc) is 2.67. The molecule has 2 rings (SSSR count). The molecular formula is C14H20F3N3O. The third-order valence-corrected chi connectivity index (χ3v) is 3.35. The fraction of sp³-hybridized carbons (Fsp3) is 0.714. The Morgan fingerprint density at radius 3 is 2.67 bits per heavy atom. The Labute approximate surface area is 122 Å². The van der Waals surface area contributed by atoms with Crippen molar-refractivity contribution in [3.05, 3.63) is 17.1 Å². The normalized spacial score (nSPS) is 15.4. The predicted octanol–water partition coefficient (Wildman–Crippen LogP) is 2.45. The van der Waals surface area contributed by atoms with Gasteiger partial charge >= 0.3 is 6.18 Å². The largest absolute Gasteiger partial charge is 0.477 e. The van der Waals surface area contributed by atoms with Crippen molar-refractivity contribution in [2.24, 2.45) is 0 Å². The minimum atomic E-state index is -4.13. The van der Waals surface area contributed by atoms with Gasteiger partial charge < -0.3 is 10.1 Å². The summed E-state index contributed by atoms with van der Waals surface area (Å²) in [6.45, 7) is 3.63. The summed E-state index contributed by atoms with van der Waals surface area (Å²) in [4.78, 5) is 8.85. The van der Waals surface area contributed by atoms with Gasteiger partial charge in [0.25, 0.3) is 0 Å². The molecule has 0 atom stereocenters. The molecule has 118 valence electrons. The van der Waals surface area contributed by atoms with Crippen LogP contribution in [0.3, 0.4) is 0 Å². The molecule has 0 spiro atoms. The van der Waals surface area contributed by atoms with Gasteiger partial charge in [-0.05, 0) is 19.4 Å². The second-order valence-electron chi connectivity index (χ2n) is 5.04. The van der Waals surface area contributed by atoms with Crippen LogP contribution < -0.4 is 10.1 Å². The molecule has 1 N–H and O–H groups in total. The van der Waals surface area contributed by atoms with E-state index in [1.54, 1.807) is 0 Å². The van der Waals surface area contributed by atoms with Crippen LogP contribution in [0.25, 0.3) is 0 Å². The number of halogens is 3. The van der Waals surface area contributed by atoms with Crippen molar-refractivity contribution in [2.75, 3.05) is 19.7 Å². The Hall–Kier alpha value is -1.37. The van der Waals surface area contributed by atoms with E-state index in [0.29, 0.717) is 18.1 Å².